The molecule has 0 aliphatic rings. The van der Waals surface area contributed by atoms with Gasteiger partial charge >= 0.3 is 22.5 Å². The molecule has 0 heterocycles. The summed E-state index contributed by atoms with van der Waals surface area (Å²) < 4.78 is 38.1. The minimum Gasteiger partial charge on any atom is -0.480 e. The molecular weight excluding hydrogens is 282 g/mol. The van der Waals surface area contributed by atoms with Gasteiger partial charge in [-0.25, -0.2) is 13.8 Å². The van der Waals surface area contributed by atoms with Crippen LogP contribution < -0.4 is 5.32 Å². The fourth-order valence-electron chi connectivity index (χ4n) is 1.11. The van der Waals surface area contributed by atoms with Crippen LogP contribution in [-0.4, -0.2) is 48.9 Å². The van der Waals surface area contributed by atoms with Gasteiger partial charge < -0.3 is 15.2 Å². The molecule has 0 aromatic rings. The zero-order chi connectivity index (χ0) is 15.1. The SMILES string of the molecule is CCCCOC(=O)N[C@H](C(=O)O)[C@@H](C)OS(=O)(=O)O. The lowest BCUT2D eigenvalue weighted by Crippen LogP contribution is -2.49. The fourth-order valence-corrected chi connectivity index (χ4v) is 1.60. The Labute approximate surface area is 110 Å². The summed E-state index contributed by atoms with van der Waals surface area (Å²) in [5.74, 6) is -1.52. The van der Waals surface area contributed by atoms with Gasteiger partial charge in [-0.1, -0.05) is 13.3 Å². The third kappa shape index (κ3) is 8.35. The van der Waals surface area contributed by atoms with Crippen molar-refractivity contribution in [1.82, 2.24) is 5.32 Å². The van der Waals surface area contributed by atoms with Crippen molar-refractivity contribution in [2.24, 2.45) is 0 Å². The summed E-state index contributed by atoms with van der Waals surface area (Å²) in [5.41, 5.74) is 0. The van der Waals surface area contributed by atoms with Gasteiger partial charge in [0, 0.05) is 0 Å². The zero-order valence-electron chi connectivity index (χ0n) is 10.5. The molecule has 112 valence electrons. The summed E-state index contributed by atoms with van der Waals surface area (Å²) in [6.45, 7) is 3.06. The summed E-state index contributed by atoms with van der Waals surface area (Å²) in [4.78, 5) is 22.1. The molecule has 0 radical (unpaired) electrons. The molecule has 0 aromatic carbocycles. The number of unbranched alkanes of at least 4 members (excludes halogenated alkanes) is 1. The third-order valence-electron chi connectivity index (χ3n) is 2.01. The van der Waals surface area contributed by atoms with Crippen molar-refractivity contribution >= 4 is 22.5 Å². The van der Waals surface area contributed by atoms with Crippen molar-refractivity contribution in [3.8, 4) is 0 Å². The molecule has 0 saturated heterocycles. The van der Waals surface area contributed by atoms with Crippen LogP contribution >= 0.6 is 0 Å². The first-order valence-electron chi connectivity index (χ1n) is 5.49. The van der Waals surface area contributed by atoms with E-state index in [2.05, 4.69) is 8.92 Å². The van der Waals surface area contributed by atoms with Gasteiger partial charge in [0.25, 0.3) is 0 Å². The Morgan fingerprint density at radius 1 is 1.37 bits per heavy atom. The van der Waals surface area contributed by atoms with Gasteiger partial charge in [0.2, 0.25) is 0 Å². The predicted octanol–water partition coefficient (Wildman–Crippen LogP) is 0.174. The van der Waals surface area contributed by atoms with E-state index < -0.39 is 34.6 Å². The average Bonchev–Trinajstić information content (AvgIpc) is 2.23. The van der Waals surface area contributed by atoms with Crippen molar-refractivity contribution in [3.63, 3.8) is 0 Å². The van der Waals surface area contributed by atoms with Crippen LogP contribution in [0.2, 0.25) is 0 Å². The van der Waals surface area contributed by atoms with E-state index in [0.29, 0.717) is 6.42 Å². The molecule has 0 aliphatic carbocycles. The van der Waals surface area contributed by atoms with Gasteiger partial charge in [0.1, 0.15) is 6.10 Å². The predicted molar refractivity (Wildman–Crippen MR) is 62.9 cm³/mol. The van der Waals surface area contributed by atoms with Crippen molar-refractivity contribution in [2.45, 2.75) is 38.8 Å². The van der Waals surface area contributed by atoms with Crippen LogP contribution in [0.15, 0.2) is 0 Å². The summed E-state index contributed by atoms with van der Waals surface area (Å²) >= 11 is 0. The molecule has 0 bridgehead atoms. The van der Waals surface area contributed by atoms with E-state index in [4.69, 9.17) is 9.66 Å². The number of amides is 1. The molecular formula is C9H17NO8S. The number of carbonyl (C=O) groups excluding carboxylic acids is 1. The number of ether oxygens (including phenoxy) is 1. The Balaban J connectivity index is 4.49. The first-order chi connectivity index (χ1) is 8.67. The molecule has 9 nitrogen and oxygen atoms in total. The zero-order valence-corrected chi connectivity index (χ0v) is 11.3. The monoisotopic (exact) mass is 299 g/mol. The molecule has 0 fully saturated rings. The Kier molecular flexibility index (Phi) is 7.34. The van der Waals surface area contributed by atoms with E-state index in [1.165, 1.54) is 0 Å². The van der Waals surface area contributed by atoms with Crippen LogP contribution in [0.1, 0.15) is 26.7 Å². The first-order valence-corrected chi connectivity index (χ1v) is 6.85. The minimum absolute atomic E-state index is 0.113. The number of aliphatic carboxylic acids is 1. The summed E-state index contributed by atoms with van der Waals surface area (Å²) in [5, 5.41) is 10.8. The van der Waals surface area contributed by atoms with E-state index in [0.717, 1.165) is 13.3 Å². The van der Waals surface area contributed by atoms with Crippen molar-refractivity contribution in [2.75, 3.05) is 6.61 Å². The van der Waals surface area contributed by atoms with Crippen LogP contribution in [-0.2, 0) is 24.1 Å². The van der Waals surface area contributed by atoms with E-state index in [9.17, 15) is 18.0 Å². The van der Waals surface area contributed by atoms with Gasteiger partial charge in [-0.15, -0.1) is 0 Å². The number of alkyl carbamates (subject to hydrolysis) is 1. The molecule has 0 rings (SSSR count). The lowest BCUT2D eigenvalue weighted by Gasteiger charge is -2.19. The van der Waals surface area contributed by atoms with Crippen LogP contribution in [0.5, 0.6) is 0 Å². The van der Waals surface area contributed by atoms with Crippen LogP contribution in [0.4, 0.5) is 4.79 Å². The van der Waals surface area contributed by atoms with Gasteiger partial charge in [0.15, 0.2) is 6.04 Å². The Bertz CT molecular complexity index is 406. The van der Waals surface area contributed by atoms with Crippen LogP contribution in [0.3, 0.4) is 0 Å². The van der Waals surface area contributed by atoms with Crippen molar-refractivity contribution < 1.29 is 36.6 Å². The van der Waals surface area contributed by atoms with Gasteiger partial charge in [0.05, 0.1) is 6.61 Å². The van der Waals surface area contributed by atoms with Gasteiger partial charge in [-0.05, 0) is 13.3 Å². The number of carboxylic acid groups (broad SMARTS) is 1. The third-order valence-corrected chi connectivity index (χ3v) is 2.56. The van der Waals surface area contributed by atoms with E-state index in [-0.39, 0.29) is 6.61 Å². The van der Waals surface area contributed by atoms with Gasteiger partial charge in [-0.3, -0.25) is 4.55 Å². The van der Waals surface area contributed by atoms with E-state index in [1.54, 1.807) is 0 Å². The number of hydrogen-bond acceptors (Lipinski definition) is 6. The highest BCUT2D eigenvalue weighted by Crippen LogP contribution is 2.04. The number of hydrogen-bond donors (Lipinski definition) is 3. The normalized spacial score (nSPS) is 14.5. The second kappa shape index (κ2) is 7.92. The second-order valence-electron chi connectivity index (χ2n) is 3.68. The molecule has 0 aromatic heterocycles. The maximum Gasteiger partial charge on any atom is 0.407 e. The topological polar surface area (TPSA) is 139 Å². The molecule has 0 saturated carbocycles. The highest BCUT2D eigenvalue weighted by atomic mass is 32.3. The summed E-state index contributed by atoms with van der Waals surface area (Å²) in [6, 6.07) is -1.67. The molecule has 19 heavy (non-hydrogen) atoms. The van der Waals surface area contributed by atoms with Crippen molar-refractivity contribution in [1.29, 1.82) is 0 Å². The molecule has 0 aliphatic heterocycles. The van der Waals surface area contributed by atoms with Crippen LogP contribution in [0.25, 0.3) is 0 Å². The maximum absolute atomic E-state index is 11.2. The Morgan fingerprint density at radius 2 is 1.95 bits per heavy atom. The minimum atomic E-state index is -4.81. The van der Waals surface area contributed by atoms with Crippen LogP contribution in [0, 0.1) is 0 Å². The summed E-state index contributed by atoms with van der Waals surface area (Å²) in [6.07, 6.45) is -1.10. The van der Waals surface area contributed by atoms with E-state index >= 15 is 0 Å². The van der Waals surface area contributed by atoms with Gasteiger partial charge in [-0.2, -0.15) is 8.42 Å². The average molecular weight is 299 g/mol. The number of rotatable bonds is 8. The Hall–Kier alpha value is -1.39. The first kappa shape index (κ1) is 17.6. The molecule has 0 unspecified atom stereocenters. The largest absolute Gasteiger partial charge is 0.480 e. The smallest absolute Gasteiger partial charge is 0.407 e. The Morgan fingerprint density at radius 3 is 2.37 bits per heavy atom. The molecule has 0 spiro atoms. The quantitative estimate of drug-likeness (QED) is 0.426. The number of carboxylic acids is 1. The molecule has 10 heteroatoms. The standard InChI is InChI=1S/C9H17NO8S/c1-3-4-5-17-9(13)10-7(8(11)12)6(2)18-19(14,15)16/h6-7H,3-5H2,1-2H3,(H,10,13)(H,11,12)(H,14,15,16)/t6-,7+/m1/s1. The lowest BCUT2D eigenvalue weighted by atomic mass is 10.2. The maximum atomic E-state index is 11.2. The number of carbonyl (C=O) groups is 2. The molecule has 3 N–H and O–H groups in total. The lowest BCUT2D eigenvalue weighted by molar-refractivity contribution is -0.141. The molecule has 1 amide bonds. The second-order valence-corrected chi connectivity index (χ2v) is 4.73. The number of nitrogens with one attached hydrogen (secondary N) is 1. The summed E-state index contributed by atoms with van der Waals surface area (Å²) in [7, 11) is -4.81. The molecule has 2 atom stereocenters. The van der Waals surface area contributed by atoms with Crippen molar-refractivity contribution in [3.05, 3.63) is 0 Å². The highest BCUT2D eigenvalue weighted by molar-refractivity contribution is 7.80. The highest BCUT2D eigenvalue weighted by Gasteiger charge is 2.31. The fraction of sp³-hybridized carbons (Fsp3) is 0.778. The van der Waals surface area contributed by atoms with E-state index in [1.807, 2.05) is 12.2 Å².